The highest BCUT2D eigenvalue weighted by Crippen LogP contribution is 2.32. The number of para-hydroxylation sites is 1. The topological polar surface area (TPSA) is 29.5 Å². The highest BCUT2D eigenvalue weighted by atomic mass is 16.5. The number of aromatic hydroxyl groups is 1. The van der Waals surface area contributed by atoms with Gasteiger partial charge in [0.15, 0.2) is 11.5 Å². The molecular formula is C13H18O2. The van der Waals surface area contributed by atoms with Gasteiger partial charge in [0.2, 0.25) is 0 Å². The van der Waals surface area contributed by atoms with Crippen LogP contribution in [0.15, 0.2) is 18.2 Å². The molecule has 0 radical (unpaired) electrons. The van der Waals surface area contributed by atoms with Crippen molar-refractivity contribution in [2.45, 2.75) is 45.1 Å². The average molecular weight is 206 g/mol. The monoisotopic (exact) mass is 206 g/mol. The van der Waals surface area contributed by atoms with E-state index in [4.69, 9.17) is 4.74 Å². The minimum Gasteiger partial charge on any atom is -0.504 e. The third-order valence-corrected chi connectivity index (χ3v) is 3.05. The number of ether oxygens (including phenoxy) is 1. The maximum Gasteiger partial charge on any atom is 0.161 e. The highest BCUT2D eigenvalue weighted by Gasteiger charge is 2.16. The zero-order valence-electron chi connectivity index (χ0n) is 9.20. The molecule has 0 spiro atoms. The van der Waals surface area contributed by atoms with E-state index in [2.05, 4.69) is 0 Å². The summed E-state index contributed by atoms with van der Waals surface area (Å²) in [5.74, 6) is 0.935. The molecule has 1 N–H and O–H groups in total. The molecule has 1 aliphatic carbocycles. The Balaban J connectivity index is 2.06. The van der Waals surface area contributed by atoms with Crippen molar-refractivity contribution in [3.8, 4) is 11.5 Å². The largest absolute Gasteiger partial charge is 0.504 e. The number of phenolic OH excluding ortho intramolecular Hbond substituents is 1. The van der Waals surface area contributed by atoms with Gasteiger partial charge in [-0.1, -0.05) is 18.6 Å². The van der Waals surface area contributed by atoms with Crippen LogP contribution < -0.4 is 4.74 Å². The number of benzene rings is 1. The van der Waals surface area contributed by atoms with Crippen molar-refractivity contribution >= 4 is 0 Å². The Morgan fingerprint density at radius 1 is 1.20 bits per heavy atom. The SMILES string of the molecule is Cc1cccc(OC2CCCCC2)c1O. The normalized spacial score (nSPS) is 17.7. The first-order chi connectivity index (χ1) is 7.27. The van der Waals surface area contributed by atoms with E-state index in [0.717, 1.165) is 18.4 Å². The van der Waals surface area contributed by atoms with Gasteiger partial charge in [-0.2, -0.15) is 0 Å². The molecule has 0 amide bonds. The Kier molecular flexibility index (Phi) is 3.14. The molecule has 1 saturated carbocycles. The van der Waals surface area contributed by atoms with Crippen LogP contribution in [0.4, 0.5) is 0 Å². The molecule has 0 unspecified atom stereocenters. The van der Waals surface area contributed by atoms with Crippen molar-refractivity contribution in [3.05, 3.63) is 23.8 Å². The van der Waals surface area contributed by atoms with E-state index in [1.54, 1.807) is 0 Å². The van der Waals surface area contributed by atoms with Gasteiger partial charge in [-0.3, -0.25) is 0 Å². The van der Waals surface area contributed by atoms with Gasteiger partial charge in [-0.15, -0.1) is 0 Å². The van der Waals surface area contributed by atoms with Crippen LogP contribution in [0.25, 0.3) is 0 Å². The van der Waals surface area contributed by atoms with Crippen LogP contribution in [0.1, 0.15) is 37.7 Å². The van der Waals surface area contributed by atoms with E-state index in [9.17, 15) is 5.11 Å². The molecule has 15 heavy (non-hydrogen) atoms. The first-order valence-corrected chi connectivity index (χ1v) is 5.72. The molecule has 0 atom stereocenters. The molecule has 0 aliphatic heterocycles. The minimum atomic E-state index is 0.295. The first kappa shape index (κ1) is 10.3. The second kappa shape index (κ2) is 4.56. The fraction of sp³-hybridized carbons (Fsp3) is 0.538. The van der Waals surface area contributed by atoms with Gasteiger partial charge in [-0.25, -0.2) is 0 Å². The van der Waals surface area contributed by atoms with E-state index >= 15 is 0 Å². The average Bonchev–Trinajstić information content (AvgIpc) is 2.26. The van der Waals surface area contributed by atoms with E-state index in [0.29, 0.717) is 17.6 Å². The second-order valence-corrected chi connectivity index (χ2v) is 4.30. The Morgan fingerprint density at radius 3 is 2.67 bits per heavy atom. The number of phenols is 1. The smallest absolute Gasteiger partial charge is 0.161 e. The van der Waals surface area contributed by atoms with Gasteiger partial charge in [0.25, 0.3) is 0 Å². The van der Waals surface area contributed by atoms with Gasteiger partial charge in [0.05, 0.1) is 6.10 Å². The Morgan fingerprint density at radius 2 is 1.93 bits per heavy atom. The summed E-state index contributed by atoms with van der Waals surface area (Å²) in [6, 6.07) is 5.66. The summed E-state index contributed by atoms with van der Waals surface area (Å²) in [7, 11) is 0. The summed E-state index contributed by atoms with van der Waals surface area (Å²) >= 11 is 0. The molecule has 1 aromatic rings. The van der Waals surface area contributed by atoms with Gasteiger partial charge in [-0.05, 0) is 44.2 Å². The zero-order chi connectivity index (χ0) is 10.7. The molecule has 2 nitrogen and oxygen atoms in total. The standard InChI is InChI=1S/C13H18O2/c1-10-6-5-9-12(13(10)14)15-11-7-3-2-4-8-11/h5-6,9,11,14H,2-4,7-8H2,1H3. The van der Waals surface area contributed by atoms with Crippen LogP contribution in [0.2, 0.25) is 0 Å². The Hall–Kier alpha value is -1.18. The van der Waals surface area contributed by atoms with Crippen LogP contribution in [0.5, 0.6) is 11.5 Å². The van der Waals surface area contributed by atoms with Crippen molar-refractivity contribution in [2.75, 3.05) is 0 Å². The molecule has 1 aliphatic rings. The summed E-state index contributed by atoms with van der Waals surface area (Å²) < 4.78 is 5.82. The molecule has 2 heteroatoms. The summed E-state index contributed by atoms with van der Waals surface area (Å²) in [4.78, 5) is 0. The molecule has 0 aromatic heterocycles. The summed E-state index contributed by atoms with van der Waals surface area (Å²) in [6.45, 7) is 1.89. The lowest BCUT2D eigenvalue weighted by atomic mass is 9.98. The van der Waals surface area contributed by atoms with Crippen LogP contribution in [0, 0.1) is 6.92 Å². The summed E-state index contributed by atoms with van der Waals surface area (Å²) in [5.41, 5.74) is 0.878. The quantitative estimate of drug-likeness (QED) is 0.803. The molecule has 0 saturated heterocycles. The molecule has 2 rings (SSSR count). The van der Waals surface area contributed by atoms with E-state index < -0.39 is 0 Å². The predicted molar refractivity (Wildman–Crippen MR) is 60.3 cm³/mol. The maximum absolute atomic E-state index is 9.80. The lowest BCUT2D eigenvalue weighted by Crippen LogP contribution is -2.19. The van der Waals surface area contributed by atoms with E-state index in [1.807, 2.05) is 25.1 Å². The van der Waals surface area contributed by atoms with Gasteiger partial charge >= 0.3 is 0 Å². The third kappa shape index (κ3) is 2.44. The summed E-state index contributed by atoms with van der Waals surface area (Å²) in [5, 5.41) is 9.80. The fourth-order valence-electron chi connectivity index (χ4n) is 2.09. The molecule has 82 valence electrons. The minimum absolute atomic E-state index is 0.295. The molecule has 0 bridgehead atoms. The molecular weight excluding hydrogens is 188 g/mol. The number of hydrogen-bond acceptors (Lipinski definition) is 2. The predicted octanol–water partition coefficient (Wildman–Crippen LogP) is 3.41. The lowest BCUT2D eigenvalue weighted by molar-refractivity contribution is 0.150. The fourth-order valence-corrected chi connectivity index (χ4v) is 2.09. The lowest BCUT2D eigenvalue weighted by Gasteiger charge is -2.23. The third-order valence-electron chi connectivity index (χ3n) is 3.05. The Bertz CT molecular complexity index is 327. The maximum atomic E-state index is 9.80. The Labute approximate surface area is 90.9 Å². The molecule has 1 fully saturated rings. The zero-order valence-corrected chi connectivity index (χ0v) is 9.20. The first-order valence-electron chi connectivity index (χ1n) is 5.72. The van der Waals surface area contributed by atoms with Gasteiger partial charge < -0.3 is 9.84 Å². The molecule has 0 heterocycles. The summed E-state index contributed by atoms with van der Waals surface area (Å²) in [6.07, 6.45) is 6.35. The highest BCUT2D eigenvalue weighted by molar-refractivity contribution is 5.44. The van der Waals surface area contributed by atoms with Crippen molar-refractivity contribution < 1.29 is 9.84 Å². The van der Waals surface area contributed by atoms with Crippen molar-refractivity contribution in [3.63, 3.8) is 0 Å². The van der Waals surface area contributed by atoms with Gasteiger partial charge in [0, 0.05) is 0 Å². The van der Waals surface area contributed by atoms with Crippen LogP contribution in [-0.2, 0) is 0 Å². The van der Waals surface area contributed by atoms with Crippen LogP contribution in [0.3, 0.4) is 0 Å². The van der Waals surface area contributed by atoms with Crippen molar-refractivity contribution in [2.24, 2.45) is 0 Å². The second-order valence-electron chi connectivity index (χ2n) is 4.30. The number of rotatable bonds is 2. The number of hydrogen-bond donors (Lipinski definition) is 1. The molecule has 1 aromatic carbocycles. The van der Waals surface area contributed by atoms with Gasteiger partial charge in [0.1, 0.15) is 0 Å². The number of aryl methyl sites for hydroxylation is 1. The van der Waals surface area contributed by atoms with E-state index in [1.165, 1.54) is 19.3 Å². The van der Waals surface area contributed by atoms with E-state index in [-0.39, 0.29) is 0 Å². The van der Waals surface area contributed by atoms with Crippen molar-refractivity contribution in [1.29, 1.82) is 0 Å². The van der Waals surface area contributed by atoms with Crippen LogP contribution in [-0.4, -0.2) is 11.2 Å². The van der Waals surface area contributed by atoms with Crippen LogP contribution >= 0.6 is 0 Å². The van der Waals surface area contributed by atoms with Crippen molar-refractivity contribution in [1.82, 2.24) is 0 Å².